The largest absolute Gasteiger partial charge is 0.481 e. The maximum atomic E-state index is 10.2. The molecule has 0 aromatic carbocycles. The molecule has 0 aliphatic rings. The highest BCUT2D eigenvalue weighted by molar-refractivity contribution is 5.67. The molecule has 0 aliphatic carbocycles. The monoisotopic (exact) mass is 162 g/mol. The third-order valence-corrected chi connectivity index (χ3v) is 0.733. The van der Waals surface area contributed by atoms with Gasteiger partial charge in [0.15, 0.2) is 0 Å². The summed E-state index contributed by atoms with van der Waals surface area (Å²) < 4.78 is 41.8. The summed E-state index contributed by atoms with van der Waals surface area (Å²) in [6.45, 7) is -6.40. The van der Waals surface area contributed by atoms with E-state index in [4.69, 9.17) is 13.3 Å². The van der Waals surface area contributed by atoms with Crippen molar-refractivity contribution in [2.45, 2.75) is 32.1 Å². The molecule has 0 fully saturated rings. The molecule has 0 aromatic heterocycles. The molecular formula is C8H12O3. The second-order valence-corrected chi connectivity index (χ2v) is 1.91. The van der Waals surface area contributed by atoms with Crippen molar-refractivity contribution in [2.75, 3.05) is 0 Å². The number of rotatable bonds is 2. The quantitative estimate of drug-likeness (QED) is 0.585. The zero-order chi connectivity index (χ0) is 13.9. The van der Waals surface area contributed by atoms with Crippen molar-refractivity contribution in [1.82, 2.24) is 0 Å². The molecule has 11 heavy (non-hydrogen) atoms. The summed E-state index contributed by atoms with van der Waals surface area (Å²) in [6, 6.07) is 0. The molecule has 0 spiro atoms. The van der Waals surface area contributed by atoms with Gasteiger partial charge in [0.05, 0.1) is 6.42 Å². The van der Waals surface area contributed by atoms with Gasteiger partial charge in [-0.1, -0.05) is 11.8 Å². The van der Waals surface area contributed by atoms with Crippen molar-refractivity contribution in [3.8, 4) is 11.8 Å². The second kappa shape index (κ2) is 3.99. The third-order valence-electron chi connectivity index (χ3n) is 0.733. The first-order valence-corrected chi connectivity index (χ1v) is 2.86. The van der Waals surface area contributed by atoms with Gasteiger partial charge in [0.1, 0.15) is 5.60 Å². The van der Waals surface area contributed by atoms with Crippen molar-refractivity contribution in [3.63, 3.8) is 0 Å². The Balaban J connectivity index is 5.05. The van der Waals surface area contributed by atoms with E-state index in [9.17, 15) is 9.90 Å². The maximum absolute atomic E-state index is 10.2. The highest BCUT2D eigenvalue weighted by Gasteiger charge is 2.05. The van der Waals surface area contributed by atoms with Crippen LogP contribution in [0.4, 0.5) is 0 Å². The van der Waals surface area contributed by atoms with Crippen molar-refractivity contribution in [1.29, 1.82) is 0 Å². The number of aliphatic hydroxyl groups is 1. The van der Waals surface area contributed by atoms with E-state index in [1.165, 1.54) is 0 Å². The standard InChI is InChI=1S/C8H12O3/c1-8(2,11)6-4-3-5-7(9)10/h11H,3,5H2,1-2H3,(H,9,10)/i1D3,2D3. The highest BCUT2D eigenvalue weighted by atomic mass is 16.4. The molecule has 0 saturated heterocycles. The average molecular weight is 162 g/mol. The Morgan fingerprint density at radius 2 is 2.36 bits per heavy atom. The first kappa shape index (κ1) is 3.59. The fourth-order valence-electron chi connectivity index (χ4n) is 0.360. The summed E-state index contributed by atoms with van der Waals surface area (Å²) in [4.78, 5) is 10.2. The van der Waals surface area contributed by atoms with Gasteiger partial charge in [-0.05, 0) is 13.7 Å². The van der Waals surface area contributed by atoms with Gasteiger partial charge in [0, 0.05) is 14.6 Å². The van der Waals surface area contributed by atoms with Crippen LogP contribution in [0.15, 0.2) is 0 Å². The molecule has 0 rings (SSSR count). The van der Waals surface area contributed by atoms with Gasteiger partial charge in [0.25, 0.3) is 0 Å². The van der Waals surface area contributed by atoms with Crippen molar-refractivity contribution in [3.05, 3.63) is 0 Å². The number of aliphatic carboxylic acids is 1. The normalized spacial score (nSPS) is 20.5. The van der Waals surface area contributed by atoms with Crippen molar-refractivity contribution < 1.29 is 23.2 Å². The third kappa shape index (κ3) is 8.99. The van der Waals surface area contributed by atoms with Gasteiger partial charge in [0.2, 0.25) is 0 Å². The number of hydrogen-bond donors (Lipinski definition) is 2. The first-order chi connectivity index (χ1) is 7.42. The van der Waals surface area contributed by atoms with E-state index in [1.54, 1.807) is 5.92 Å². The van der Waals surface area contributed by atoms with E-state index < -0.39 is 25.3 Å². The SMILES string of the molecule is [2H]C([2H])([2H])C(O)(C#CCCC(=O)O)C([2H])([2H])[2H]. The molecule has 0 unspecified atom stereocenters. The second-order valence-electron chi connectivity index (χ2n) is 1.91. The predicted molar refractivity (Wildman–Crippen MR) is 40.9 cm³/mol. The summed E-state index contributed by atoms with van der Waals surface area (Å²) in [5, 5.41) is 17.9. The lowest BCUT2D eigenvalue weighted by Crippen LogP contribution is -2.14. The molecule has 3 nitrogen and oxygen atoms in total. The molecule has 2 N–H and O–H groups in total. The van der Waals surface area contributed by atoms with Crippen LogP contribution < -0.4 is 0 Å². The topological polar surface area (TPSA) is 57.5 Å². The van der Waals surface area contributed by atoms with Crippen LogP contribution in [0.2, 0.25) is 0 Å². The summed E-state index contributed by atoms with van der Waals surface area (Å²) in [5.41, 5.74) is -3.14. The highest BCUT2D eigenvalue weighted by Crippen LogP contribution is 1.97. The Morgan fingerprint density at radius 3 is 2.82 bits per heavy atom. The van der Waals surface area contributed by atoms with Crippen LogP contribution in [0.25, 0.3) is 0 Å². The molecular weight excluding hydrogens is 144 g/mol. The van der Waals surface area contributed by atoms with Gasteiger partial charge >= 0.3 is 5.97 Å². The van der Waals surface area contributed by atoms with E-state index in [0.29, 0.717) is 0 Å². The minimum Gasteiger partial charge on any atom is -0.481 e. The van der Waals surface area contributed by atoms with Crippen molar-refractivity contribution >= 4 is 5.97 Å². The summed E-state index contributed by atoms with van der Waals surface area (Å²) in [6.07, 6.45) is -0.588. The summed E-state index contributed by atoms with van der Waals surface area (Å²) in [7, 11) is 0. The fraction of sp³-hybridized carbons (Fsp3) is 0.625. The van der Waals surface area contributed by atoms with Gasteiger partial charge in [-0.25, -0.2) is 0 Å². The van der Waals surface area contributed by atoms with Crippen LogP contribution in [0.1, 0.15) is 34.8 Å². The number of hydrogen-bond acceptors (Lipinski definition) is 2. The first-order valence-electron chi connectivity index (χ1n) is 5.86. The van der Waals surface area contributed by atoms with Gasteiger partial charge < -0.3 is 10.2 Å². The van der Waals surface area contributed by atoms with Crippen LogP contribution in [-0.4, -0.2) is 21.8 Å². The predicted octanol–water partition coefficient (Wildman–Crippen LogP) is 0.625. The molecule has 0 atom stereocenters. The average Bonchev–Trinajstić information content (AvgIpc) is 2.07. The van der Waals surface area contributed by atoms with Gasteiger partial charge in [-0.3, -0.25) is 4.79 Å². The van der Waals surface area contributed by atoms with Crippen LogP contribution >= 0.6 is 0 Å². The Bertz CT molecular complexity index is 331. The van der Waals surface area contributed by atoms with Crippen LogP contribution in [0.5, 0.6) is 0 Å². The molecule has 0 radical (unpaired) electrons. The zero-order valence-corrected chi connectivity index (χ0v) is 5.72. The van der Waals surface area contributed by atoms with Crippen LogP contribution in [0, 0.1) is 11.8 Å². The molecule has 0 heterocycles. The van der Waals surface area contributed by atoms with Crippen LogP contribution in [-0.2, 0) is 4.79 Å². The molecule has 0 bridgehead atoms. The van der Waals surface area contributed by atoms with Gasteiger partial charge in [-0.15, -0.1) is 0 Å². The molecule has 62 valence electrons. The minimum absolute atomic E-state index is 0.232. The van der Waals surface area contributed by atoms with E-state index in [0.717, 1.165) is 0 Å². The maximum Gasteiger partial charge on any atom is 0.304 e. The lowest BCUT2D eigenvalue weighted by molar-refractivity contribution is -0.136. The molecule has 0 saturated carbocycles. The molecule has 0 aromatic rings. The number of carboxylic acids is 1. The Kier molecular flexibility index (Phi) is 1.30. The Hall–Kier alpha value is -1.01. The summed E-state index contributed by atoms with van der Waals surface area (Å²) in [5.74, 6) is 2.67. The molecule has 3 heteroatoms. The van der Waals surface area contributed by atoms with Crippen LogP contribution in [0.3, 0.4) is 0 Å². The molecule has 0 amide bonds. The summed E-state index contributed by atoms with van der Waals surface area (Å²) >= 11 is 0. The smallest absolute Gasteiger partial charge is 0.304 e. The van der Waals surface area contributed by atoms with E-state index >= 15 is 0 Å². The number of carboxylic acid groups (broad SMARTS) is 1. The Morgan fingerprint density at radius 1 is 1.73 bits per heavy atom. The fourth-order valence-corrected chi connectivity index (χ4v) is 0.360. The van der Waals surface area contributed by atoms with Crippen molar-refractivity contribution in [2.24, 2.45) is 0 Å². The minimum atomic E-state index is -3.20. The van der Waals surface area contributed by atoms with E-state index in [1.807, 2.05) is 0 Å². The van der Waals surface area contributed by atoms with E-state index in [-0.39, 0.29) is 12.8 Å². The molecule has 0 aliphatic heterocycles. The zero-order valence-electron chi connectivity index (χ0n) is 11.7. The lowest BCUT2D eigenvalue weighted by atomic mass is 10.1. The van der Waals surface area contributed by atoms with Gasteiger partial charge in [-0.2, -0.15) is 0 Å². The van der Waals surface area contributed by atoms with E-state index in [2.05, 4.69) is 5.92 Å². The Labute approximate surface area is 74.5 Å². The number of carbonyl (C=O) groups is 1. The lowest BCUT2D eigenvalue weighted by Gasteiger charge is -2.05.